The molecule has 4 amide bonds. The normalized spacial score (nSPS) is 21.4. The Labute approximate surface area is 275 Å². The first-order chi connectivity index (χ1) is 22.4. The maximum absolute atomic E-state index is 13.8. The van der Waals surface area contributed by atoms with Crippen LogP contribution in [0.1, 0.15) is 68.9 Å². The summed E-state index contributed by atoms with van der Waals surface area (Å²) in [7, 11) is 0. The van der Waals surface area contributed by atoms with Gasteiger partial charge in [0.25, 0.3) is 5.91 Å². The fraction of sp³-hybridized carbons (Fsp3) is 0.472. The second-order valence-electron chi connectivity index (χ2n) is 13.9. The van der Waals surface area contributed by atoms with Gasteiger partial charge in [-0.1, -0.05) is 61.0 Å². The minimum atomic E-state index is -1.30. The number of primary amides is 1. The molecule has 0 unspecified atom stereocenters. The molecule has 2 aliphatic rings. The Morgan fingerprint density at radius 2 is 1.70 bits per heavy atom. The van der Waals surface area contributed by atoms with Crippen molar-refractivity contribution in [2.45, 2.75) is 95.1 Å². The molecule has 0 spiro atoms. The minimum absolute atomic E-state index is 0.0609. The Hall–Kier alpha value is -4.35. The Balaban J connectivity index is 1.35. The Morgan fingerprint density at radius 3 is 2.43 bits per heavy atom. The number of β-amino-alcohol motifs (C(OH)–C–C–N with tert-alkyl or cyclic N) is 1. The summed E-state index contributed by atoms with van der Waals surface area (Å²) in [5.74, 6) is -1.74. The zero-order chi connectivity index (χ0) is 33.7. The molecule has 2 aromatic carbocycles. The van der Waals surface area contributed by atoms with E-state index < -0.39 is 47.9 Å². The summed E-state index contributed by atoms with van der Waals surface area (Å²) in [6.07, 6.45) is 2.58. The van der Waals surface area contributed by atoms with Crippen LogP contribution in [0.2, 0.25) is 0 Å². The topological polar surface area (TPSA) is 167 Å². The molecule has 3 aromatic rings. The van der Waals surface area contributed by atoms with E-state index in [4.69, 9.17) is 5.73 Å². The number of para-hydroxylation sites is 1. The van der Waals surface area contributed by atoms with Crippen molar-refractivity contribution in [1.29, 1.82) is 0 Å². The van der Waals surface area contributed by atoms with Crippen LogP contribution >= 0.6 is 0 Å². The third-order valence-corrected chi connectivity index (χ3v) is 9.12. The summed E-state index contributed by atoms with van der Waals surface area (Å²) >= 11 is 0. The number of hydrogen-bond acceptors (Lipinski definition) is 7. The number of fused-ring (bicyclic) bond motifs is 2. The molecule has 11 heteroatoms. The van der Waals surface area contributed by atoms with Crippen LogP contribution in [0.5, 0.6) is 0 Å². The van der Waals surface area contributed by atoms with Crippen molar-refractivity contribution in [3.8, 4) is 0 Å². The van der Waals surface area contributed by atoms with E-state index >= 15 is 0 Å². The SMILES string of the molecule is CC(C)(C)NC(=O)[C@@H]1C[C@@H]2CCC[C@@H]2N1C[C@@H](O)[C@H](Cc1ccccc1)NC(=O)[C@H](CC(N)=O)NC(=O)c1ccc2ccccc2n1. The van der Waals surface area contributed by atoms with Gasteiger partial charge in [-0.05, 0) is 70.1 Å². The highest BCUT2D eigenvalue weighted by Crippen LogP contribution is 2.41. The lowest BCUT2D eigenvalue weighted by molar-refractivity contribution is -0.129. The summed E-state index contributed by atoms with van der Waals surface area (Å²) in [6.45, 7) is 6.02. The lowest BCUT2D eigenvalue weighted by Crippen LogP contribution is -2.58. The molecular weight excluding hydrogens is 596 g/mol. The van der Waals surface area contributed by atoms with Crippen LogP contribution in [0.15, 0.2) is 66.7 Å². The van der Waals surface area contributed by atoms with Crippen LogP contribution in [0.25, 0.3) is 10.9 Å². The second kappa shape index (κ2) is 14.6. The van der Waals surface area contributed by atoms with Crippen molar-refractivity contribution in [2.75, 3.05) is 6.54 Å². The molecule has 2 heterocycles. The van der Waals surface area contributed by atoms with E-state index in [9.17, 15) is 24.3 Å². The molecular formula is C36H46N6O5. The largest absolute Gasteiger partial charge is 0.390 e. The number of benzene rings is 2. The standard InChI is InChI=1S/C36H46N6O5/c1-36(2,3)41-35(47)30-19-24-13-9-15-29(24)42(30)21-31(43)27(18-22-10-5-4-6-11-22)39-34(46)28(20-32(37)44)40-33(45)26-17-16-23-12-7-8-14-25(23)38-26/h4-8,10-12,14,16-17,24,27-31,43H,9,13,15,18-21H2,1-3H3,(H2,37,44)(H,39,46)(H,40,45)(H,41,47)/t24-,27-,28-,29-,30-,31+/m0/s1. The number of carbonyl (C=O) groups is 4. The maximum Gasteiger partial charge on any atom is 0.270 e. The van der Waals surface area contributed by atoms with Gasteiger partial charge in [-0.2, -0.15) is 0 Å². The molecule has 0 bridgehead atoms. The second-order valence-corrected chi connectivity index (χ2v) is 13.9. The summed E-state index contributed by atoms with van der Waals surface area (Å²) in [4.78, 5) is 59.0. The van der Waals surface area contributed by atoms with E-state index in [1.54, 1.807) is 18.2 Å². The van der Waals surface area contributed by atoms with Crippen LogP contribution in [-0.2, 0) is 20.8 Å². The number of amides is 4. The first-order valence-electron chi connectivity index (χ1n) is 16.4. The van der Waals surface area contributed by atoms with Crippen molar-refractivity contribution in [2.24, 2.45) is 11.7 Å². The quantitative estimate of drug-likeness (QED) is 0.202. The number of nitrogens with zero attached hydrogens (tertiary/aromatic N) is 2. The van der Waals surface area contributed by atoms with E-state index in [0.29, 0.717) is 11.4 Å². The lowest BCUT2D eigenvalue weighted by atomic mass is 9.99. The number of likely N-dealkylation sites (tertiary alicyclic amines) is 1. The Morgan fingerprint density at radius 1 is 0.979 bits per heavy atom. The van der Waals surface area contributed by atoms with Crippen molar-refractivity contribution in [1.82, 2.24) is 25.8 Å². The molecule has 1 aromatic heterocycles. The predicted octanol–water partition coefficient (Wildman–Crippen LogP) is 2.45. The predicted molar refractivity (Wildman–Crippen MR) is 179 cm³/mol. The van der Waals surface area contributed by atoms with Crippen molar-refractivity contribution in [3.05, 3.63) is 78.0 Å². The van der Waals surface area contributed by atoms with Gasteiger partial charge in [0, 0.05) is 23.5 Å². The molecule has 11 nitrogen and oxygen atoms in total. The lowest BCUT2D eigenvalue weighted by Gasteiger charge is -2.35. The fourth-order valence-corrected chi connectivity index (χ4v) is 6.97. The van der Waals surface area contributed by atoms with Gasteiger partial charge in [0.15, 0.2) is 0 Å². The third-order valence-electron chi connectivity index (χ3n) is 9.12. The molecule has 0 radical (unpaired) electrons. The van der Waals surface area contributed by atoms with Crippen molar-refractivity contribution >= 4 is 34.5 Å². The summed E-state index contributed by atoms with van der Waals surface area (Å²) < 4.78 is 0. The monoisotopic (exact) mass is 642 g/mol. The maximum atomic E-state index is 13.8. The van der Waals surface area contributed by atoms with E-state index in [1.807, 2.05) is 69.3 Å². The molecule has 1 aliphatic heterocycles. The molecule has 250 valence electrons. The first kappa shape index (κ1) is 34.0. The van der Waals surface area contributed by atoms with Crippen molar-refractivity contribution in [3.63, 3.8) is 0 Å². The fourth-order valence-electron chi connectivity index (χ4n) is 6.97. The number of nitrogens with two attached hydrogens (primary N) is 1. The van der Waals surface area contributed by atoms with Gasteiger partial charge < -0.3 is 26.8 Å². The molecule has 47 heavy (non-hydrogen) atoms. The van der Waals surface area contributed by atoms with Crippen molar-refractivity contribution < 1.29 is 24.3 Å². The van der Waals surface area contributed by atoms with E-state index in [2.05, 4.69) is 25.8 Å². The van der Waals surface area contributed by atoms with Crippen LogP contribution < -0.4 is 21.7 Å². The van der Waals surface area contributed by atoms with Gasteiger partial charge in [0.05, 0.1) is 30.1 Å². The Bertz CT molecular complexity index is 1590. The highest BCUT2D eigenvalue weighted by atomic mass is 16.3. The molecule has 1 saturated carbocycles. The zero-order valence-corrected chi connectivity index (χ0v) is 27.3. The molecule has 1 aliphatic carbocycles. The molecule has 1 saturated heterocycles. The van der Waals surface area contributed by atoms with Crippen LogP contribution in [0.3, 0.4) is 0 Å². The highest BCUT2D eigenvalue weighted by Gasteiger charge is 2.47. The number of aromatic nitrogens is 1. The van der Waals surface area contributed by atoms with Gasteiger partial charge in [-0.15, -0.1) is 0 Å². The van der Waals surface area contributed by atoms with Gasteiger partial charge in [-0.25, -0.2) is 4.98 Å². The van der Waals surface area contributed by atoms with Crippen LogP contribution in [0, 0.1) is 5.92 Å². The smallest absolute Gasteiger partial charge is 0.270 e. The zero-order valence-electron chi connectivity index (χ0n) is 27.3. The number of hydrogen-bond donors (Lipinski definition) is 5. The molecule has 2 fully saturated rings. The van der Waals surface area contributed by atoms with Crippen LogP contribution in [0.4, 0.5) is 0 Å². The average Bonchev–Trinajstić information content (AvgIpc) is 3.62. The number of nitrogens with one attached hydrogen (secondary N) is 3. The van der Waals surface area contributed by atoms with Gasteiger partial charge in [0.2, 0.25) is 17.7 Å². The summed E-state index contributed by atoms with van der Waals surface area (Å²) in [6, 6.07) is 17.8. The summed E-state index contributed by atoms with van der Waals surface area (Å²) in [5, 5.41) is 21.3. The van der Waals surface area contributed by atoms with Gasteiger partial charge in [-0.3, -0.25) is 24.1 Å². The average molecular weight is 643 g/mol. The number of carbonyl (C=O) groups excluding carboxylic acids is 4. The number of pyridine rings is 1. The first-order valence-corrected chi connectivity index (χ1v) is 16.4. The number of rotatable bonds is 12. The minimum Gasteiger partial charge on any atom is -0.390 e. The third kappa shape index (κ3) is 8.72. The van der Waals surface area contributed by atoms with E-state index in [0.717, 1.165) is 36.6 Å². The number of aliphatic hydroxyl groups excluding tert-OH is 1. The van der Waals surface area contributed by atoms with Gasteiger partial charge >= 0.3 is 0 Å². The summed E-state index contributed by atoms with van der Waals surface area (Å²) in [5.41, 5.74) is 6.69. The number of aliphatic hydroxyl groups is 1. The van der Waals surface area contributed by atoms with Gasteiger partial charge in [0.1, 0.15) is 11.7 Å². The molecule has 6 atom stereocenters. The molecule has 5 rings (SSSR count). The highest BCUT2D eigenvalue weighted by molar-refractivity contribution is 5.99. The van der Waals surface area contributed by atoms with E-state index in [1.165, 1.54) is 0 Å². The van der Waals surface area contributed by atoms with E-state index in [-0.39, 0.29) is 36.7 Å². The Kier molecular flexibility index (Phi) is 10.6. The molecule has 6 N–H and O–H groups in total. The van der Waals surface area contributed by atoms with Crippen LogP contribution in [-0.4, -0.2) is 81.0 Å².